The maximum absolute atomic E-state index is 12.5. The van der Waals surface area contributed by atoms with Crippen molar-refractivity contribution in [3.63, 3.8) is 0 Å². The van der Waals surface area contributed by atoms with Crippen LogP contribution in [-0.4, -0.2) is 37.6 Å². The molecule has 2 heterocycles. The number of hydrogen-bond acceptors (Lipinski definition) is 4. The molecule has 0 N–H and O–H groups in total. The molecule has 0 saturated heterocycles. The molecule has 25 heavy (non-hydrogen) atoms. The Labute approximate surface area is 147 Å². The summed E-state index contributed by atoms with van der Waals surface area (Å²) in [5.74, 6) is 0.122. The van der Waals surface area contributed by atoms with Gasteiger partial charge in [-0.05, 0) is 42.7 Å². The van der Waals surface area contributed by atoms with Crippen LogP contribution in [0.4, 0.5) is 0 Å². The Morgan fingerprint density at radius 2 is 2.00 bits per heavy atom. The van der Waals surface area contributed by atoms with E-state index in [1.807, 2.05) is 50.4 Å². The average Bonchev–Trinajstić information content (AvgIpc) is 3.20. The van der Waals surface area contributed by atoms with E-state index in [1.54, 1.807) is 28.3 Å². The van der Waals surface area contributed by atoms with Crippen molar-refractivity contribution in [1.82, 2.24) is 24.6 Å². The quantitative estimate of drug-likeness (QED) is 0.695. The van der Waals surface area contributed by atoms with Crippen molar-refractivity contribution in [1.29, 1.82) is 0 Å². The van der Waals surface area contributed by atoms with Gasteiger partial charge in [-0.15, -0.1) is 0 Å². The van der Waals surface area contributed by atoms with Crippen LogP contribution in [0.3, 0.4) is 0 Å². The van der Waals surface area contributed by atoms with Gasteiger partial charge in [-0.1, -0.05) is 18.2 Å². The zero-order valence-corrected chi connectivity index (χ0v) is 14.4. The van der Waals surface area contributed by atoms with E-state index in [-0.39, 0.29) is 11.9 Å². The van der Waals surface area contributed by atoms with E-state index in [2.05, 4.69) is 15.1 Å². The van der Waals surface area contributed by atoms with Gasteiger partial charge in [-0.2, -0.15) is 5.10 Å². The van der Waals surface area contributed by atoms with Gasteiger partial charge in [-0.3, -0.25) is 9.78 Å². The van der Waals surface area contributed by atoms with Gasteiger partial charge in [-0.25, -0.2) is 9.67 Å². The lowest BCUT2D eigenvalue weighted by molar-refractivity contribution is -0.131. The van der Waals surface area contributed by atoms with Crippen molar-refractivity contribution in [2.45, 2.75) is 25.8 Å². The second-order valence-corrected chi connectivity index (χ2v) is 5.97. The SMILES string of the molecule is CC(c1ccc(-n2cncn2)cc1)N(C)C(=O)CCc1cccnc1. The molecule has 6 heteroatoms. The van der Waals surface area contributed by atoms with E-state index in [0.29, 0.717) is 12.8 Å². The summed E-state index contributed by atoms with van der Waals surface area (Å²) in [6, 6.07) is 11.9. The number of rotatable bonds is 6. The molecule has 3 rings (SSSR count). The minimum Gasteiger partial charge on any atom is -0.339 e. The molecule has 0 fully saturated rings. The van der Waals surface area contributed by atoms with Crippen molar-refractivity contribution in [2.75, 3.05) is 7.05 Å². The van der Waals surface area contributed by atoms with Crippen molar-refractivity contribution in [2.24, 2.45) is 0 Å². The van der Waals surface area contributed by atoms with Gasteiger partial charge in [0.1, 0.15) is 12.7 Å². The second-order valence-electron chi connectivity index (χ2n) is 5.97. The fraction of sp³-hybridized carbons (Fsp3) is 0.263. The Morgan fingerprint density at radius 1 is 1.20 bits per heavy atom. The summed E-state index contributed by atoms with van der Waals surface area (Å²) in [5.41, 5.74) is 3.11. The van der Waals surface area contributed by atoms with Crippen LogP contribution in [0.2, 0.25) is 0 Å². The fourth-order valence-corrected chi connectivity index (χ4v) is 2.66. The molecule has 0 bridgehead atoms. The molecule has 3 aromatic rings. The third kappa shape index (κ3) is 4.09. The molecule has 128 valence electrons. The first-order valence-electron chi connectivity index (χ1n) is 8.24. The van der Waals surface area contributed by atoms with Gasteiger partial charge in [0.15, 0.2) is 0 Å². The van der Waals surface area contributed by atoms with Crippen LogP contribution in [0.5, 0.6) is 0 Å². The van der Waals surface area contributed by atoms with E-state index in [0.717, 1.165) is 16.8 Å². The van der Waals surface area contributed by atoms with Crippen LogP contribution in [0.1, 0.15) is 30.5 Å². The van der Waals surface area contributed by atoms with E-state index in [9.17, 15) is 4.79 Å². The van der Waals surface area contributed by atoms with Gasteiger partial charge >= 0.3 is 0 Å². The van der Waals surface area contributed by atoms with Crippen molar-refractivity contribution in [3.05, 3.63) is 72.6 Å². The predicted molar refractivity (Wildman–Crippen MR) is 95.1 cm³/mol. The summed E-state index contributed by atoms with van der Waals surface area (Å²) in [6.45, 7) is 2.03. The van der Waals surface area contributed by atoms with Gasteiger partial charge in [0.25, 0.3) is 0 Å². The molecule has 1 unspecified atom stereocenters. The van der Waals surface area contributed by atoms with Crippen LogP contribution in [0.15, 0.2) is 61.4 Å². The van der Waals surface area contributed by atoms with Gasteiger partial charge in [0.2, 0.25) is 5.91 Å². The normalized spacial score (nSPS) is 11.9. The monoisotopic (exact) mass is 335 g/mol. The zero-order chi connectivity index (χ0) is 17.6. The lowest BCUT2D eigenvalue weighted by atomic mass is 10.1. The van der Waals surface area contributed by atoms with Gasteiger partial charge in [0.05, 0.1) is 11.7 Å². The molecule has 0 aliphatic rings. The van der Waals surface area contributed by atoms with Crippen LogP contribution < -0.4 is 0 Å². The standard InChI is InChI=1S/C19H21N5O/c1-15(17-6-8-18(9-7-17)24-14-21-13-22-24)23(2)19(25)10-5-16-4-3-11-20-12-16/h3-4,6-9,11-15H,5,10H2,1-2H3. The molecule has 6 nitrogen and oxygen atoms in total. The highest BCUT2D eigenvalue weighted by Crippen LogP contribution is 2.21. The Bertz CT molecular complexity index is 800. The molecule has 1 amide bonds. The number of hydrogen-bond donors (Lipinski definition) is 0. The summed E-state index contributed by atoms with van der Waals surface area (Å²) in [4.78, 5) is 22.3. The number of amides is 1. The summed E-state index contributed by atoms with van der Waals surface area (Å²) in [6.07, 6.45) is 7.89. The molecular formula is C19H21N5O. The highest BCUT2D eigenvalue weighted by atomic mass is 16.2. The molecule has 0 aliphatic heterocycles. The number of pyridine rings is 1. The number of carbonyl (C=O) groups is 1. The lowest BCUT2D eigenvalue weighted by Gasteiger charge is -2.25. The summed E-state index contributed by atoms with van der Waals surface area (Å²) < 4.78 is 1.71. The van der Waals surface area contributed by atoms with Crippen LogP contribution in [-0.2, 0) is 11.2 Å². The zero-order valence-electron chi connectivity index (χ0n) is 14.4. The van der Waals surface area contributed by atoms with Gasteiger partial charge in [0, 0.05) is 25.9 Å². The highest BCUT2D eigenvalue weighted by Gasteiger charge is 2.17. The minimum atomic E-state index is 0.00574. The van der Waals surface area contributed by atoms with E-state index in [4.69, 9.17) is 0 Å². The third-order valence-corrected chi connectivity index (χ3v) is 4.38. The first-order chi connectivity index (χ1) is 12.1. The number of carbonyl (C=O) groups excluding carboxylic acids is 1. The molecule has 2 aromatic heterocycles. The fourth-order valence-electron chi connectivity index (χ4n) is 2.66. The third-order valence-electron chi connectivity index (χ3n) is 4.38. The van der Waals surface area contributed by atoms with Crippen LogP contribution in [0.25, 0.3) is 5.69 Å². The molecule has 1 aromatic carbocycles. The number of aromatic nitrogens is 4. The summed E-state index contributed by atoms with van der Waals surface area (Å²) in [7, 11) is 1.85. The largest absolute Gasteiger partial charge is 0.339 e. The lowest BCUT2D eigenvalue weighted by Crippen LogP contribution is -2.29. The average molecular weight is 335 g/mol. The smallest absolute Gasteiger partial charge is 0.223 e. The number of nitrogens with zero attached hydrogens (tertiary/aromatic N) is 5. The molecular weight excluding hydrogens is 314 g/mol. The Hall–Kier alpha value is -3.02. The van der Waals surface area contributed by atoms with Crippen molar-refractivity contribution >= 4 is 5.91 Å². The van der Waals surface area contributed by atoms with Gasteiger partial charge < -0.3 is 4.90 Å². The molecule has 0 spiro atoms. The highest BCUT2D eigenvalue weighted by molar-refractivity contribution is 5.76. The second kappa shape index (κ2) is 7.70. The minimum absolute atomic E-state index is 0.00574. The molecule has 0 saturated carbocycles. The number of aryl methyl sites for hydroxylation is 1. The predicted octanol–water partition coefficient (Wildman–Crippen LogP) is 2.81. The van der Waals surface area contributed by atoms with E-state index in [1.165, 1.54) is 6.33 Å². The Kier molecular flexibility index (Phi) is 5.18. The maximum atomic E-state index is 12.5. The Morgan fingerprint density at radius 3 is 2.64 bits per heavy atom. The summed E-state index contributed by atoms with van der Waals surface area (Å²) >= 11 is 0. The molecule has 0 radical (unpaired) electrons. The number of benzene rings is 1. The van der Waals surface area contributed by atoms with E-state index >= 15 is 0 Å². The first-order valence-corrected chi connectivity index (χ1v) is 8.24. The van der Waals surface area contributed by atoms with E-state index < -0.39 is 0 Å². The van der Waals surface area contributed by atoms with Crippen LogP contribution in [0, 0.1) is 0 Å². The summed E-state index contributed by atoms with van der Waals surface area (Å²) in [5, 5.41) is 4.11. The van der Waals surface area contributed by atoms with Crippen molar-refractivity contribution in [3.8, 4) is 5.69 Å². The van der Waals surface area contributed by atoms with Crippen molar-refractivity contribution < 1.29 is 4.79 Å². The Balaban J connectivity index is 1.61. The first kappa shape index (κ1) is 16.8. The topological polar surface area (TPSA) is 63.9 Å². The van der Waals surface area contributed by atoms with Crippen LogP contribution >= 0.6 is 0 Å². The molecule has 0 aliphatic carbocycles. The molecule has 1 atom stereocenters. The maximum Gasteiger partial charge on any atom is 0.223 e.